The zero-order valence-corrected chi connectivity index (χ0v) is 11.6. The molecule has 0 aromatic rings. The number of nitrogens with zero attached hydrogens (tertiary/aromatic N) is 1. The first kappa shape index (κ1) is 14.8. The number of carboxylic acids is 1. The number of piperidine rings is 1. The Labute approximate surface area is 107 Å². The number of aliphatic carboxylic acids is 1. The molecule has 1 saturated heterocycles. The smallest absolute Gasteiger partial charge is 0.313 e. The second kappa shape index (κ2) is 6.05. The number of carboxylic acid groups (broad SMARTS) is 1. The van der Waals surface area contributed by atoms with Crippen molar-refractivity contribution >= 4 is 17.7 Å². The monoisotopic (exact) mass is 263 g/mol. The Hall–Kier alpha value is -0.290. The van der Waals surface area contributed by atoms with Crippen molar-refractivity contribution in [1.82, 2.24) is 4.90 Å². The van der Waals surface area contributed by atoms with Crippen LogP contribution >= 0.6 is 11.8 Å². The van der Waals surface area contributed by atoms with E-state index in [1.807, 2.05) is 0 Å². The van der Waals surface area contributed by atoms with Crippen molar-refractivity contribution in [3.63, 3.8) is 0 Å². The zero-order valence-electron chi connectivity index (χ0n) is 10.8. The average Bonchev–Trinajstić information content (AvgIpc) is 2.14. The lowest BCUT2D eigenvalue weighted by atomic mass is 9.94. The van der Waals surface area contributed by atoms with Crippen LogP contribution in [-0.2, 0) is 4.79 Å². The molecule has 1 fully saturated rings. The minimum atomic E-state index is -0.796. The lowest BCUT2D eigenvalue weighted by molar-refractivity contribution is -0.133. The van der Waals surface area contributed by atoms with Gasteiger partial charge in [0.25, 0.3) is 0 Å². The van der Waals surface area contributed by atoms with Crippen LogP contribution in [0.15, 0.2) is 0 Å². The van der Waals surface area contributed by atoms with Crippen LogP contribution in [0.1, 0.15) is 27.2 Å². The van der Waals surface area contributed by atoms with E-state index in [-0.39, 0.29) is 17.2 Å². The first-order valence-corrected chi connectivity index (χ1v) is 7.13. The quantitative estimate of drug-likeness (QED) is 0.844. The van der Waals surface area contributed by atoms with Crippen molar-refractivity contribution in [2.45, 2.75) is 38.9 Å². The predicted octanol–water partition coefficient (Wildman–Crippen LogP) is 2.26. The van der Waals surface area contributed by atoms with Crippen molar-refractivity contribution < 1.29 is 14.3 Å². The minimum Gasteiger partial charge on any atom is -0.481 e. The summed E-state index contributed by atoms with van der Waals surface area (Å²) in [6.45, 7) is 7.64. The van der Waals surface area contributed by atoms with E-state index in [4.69, 9.17) is 5.11 Å². The van der Waals surface area contributed by atoms with Gasteiger partial charge >= 0.3 is 5.97 Å². The predicted molar refractivity (Wildman–Crippen MR) is 69.3 cm³/mol. The molecule has 0 aromatic carbocycles. The van der Waals surface area contributed by atoms with Gasteiger partial charge in [-0.15, -0.1) is 11.8 Å². The third kappa shape index (κ3) is 5.25. The van der Waals surface area contributed by atoms with Crippen molar-refractivity contribution in [2.24, 2.45) is 5.92 Å². The molecule has 0 saturated carbocycles. The molecule has 2 unspecified atom stereocenters. The van der Waals surface area contributed by atoms with Crippen molar-refractivity contribution in [3.05, 3.63) is 0 Å². The summed E-state index contributed by atoms with van der Waals surface area (Å²) in [5.41, 5.74) is -0.0134. The highest BCUT2D eigenvalue weighted by Gasteiger charge is 2.32. The topological polar surface area (TPSA) is 40.5 Å². The summed E-state index contributed by atoms with van der Waals surface area (Å²) in [6.07, 6.45) is -0.211. The Morgan fingerprint density at radius 1 is 1.47 bits per heavy atom. The molecule has 0 aromatic heterocycles. The second-order valence-electron chi connectivity index (χ2n) is 5.68. The number of rotatable bonds is 4. The summed E-state index contributed by atoms with van der Waals surface area (Å²) in [4.78, 5) is 12.6. The summed E-state index contributed by atoms with van der Waals surface area (Å²) in [6, 6.07) is 0. The highest BCUT2D eigenvalue weighted by molar-refractivity contribution is 7.99. The highest BCUT2D eigenvalue weighted by atomic mass is 32.2. The molecular formula is C12H22FNO2S. The molecule has 100 valence electrons. The second-order valence-corrected chi connectivity index (χ2v) is 6.71. The molecule has 1 aliphatic heterocycles. The maximum Gasteiger partial charge on any atom is 0.313 e. The van der Waals surface area contributed by atoms with Crippen LogP contribution in [-0.4, -0.2) is 52.3 Å². The SMILES string of the molecule is CC(C)(C)N1CC(F)CC(CSCC(=O)O)C1. The molecule has 0 radical (unpaired) electrons. The van der Waals surface area contributed by atoms with Gasteiger partial charge in [0.1, 0.15) is 6.17 Å². The third-order valence-corrected chi connectivity index (χ3v) is 4.17. The molecule has 0 bridgehead atoms. The first-order chi connectivity index (χ1) is 7.79. The van der Waals surface area contributed by atoms with E-state index < -0.39 is 12.1 Å². The molecule has 1 aliphatic rings. The number of hydrogen-bond donors (Lipinski definition) is 1. The molecule has 0 spiro atoms. The summed E-state index contributed by atoms with van der Waals surface area (Å²) in [5, 5.41) is 8.57. The number of halogens is 1. The average molecular weight is 263 g/mol. The van der Waals surface area contributed by atoms with Gasteiger partial charge in [0.15, 0.2) is 0 Å². The lowest BCUT2D eigenvalue weighted by Crippen LogP contribution is -2.51. The maximum atomic E-state index is 13.6. The Morgan fingerprint density at radius 3 is 2.65 bits per heavy atom. The van der Waals surface area contributed by atoms with Crippen LogP contribution in [0, 0.1) is 5.92 Å². The largest absolute Gasteiger partial charge is 0.481 e. The van der Waals surface area contributed by atoms with Gasteiger partial charge < -0.3 is 5.11 Å². The normalized spacial score (nSPS) is 27.1. The molecule has 1 rings (SSSR count). The van der Waals surface area contributed by atoms with E-state index in [9.17, 15) is 9.18 Å². The molecular weight excluding hydrogens is 241 g/mol. The van der Waals surface area contributed by atoms with E-state index in [0.29, 0.717) is 13.0 Å². The number of thioether (sulfide) groups is 1. The van der Waals surface area contributed by atoms with Gasteiger partial charge in [-0.05, 0) is 38.9 Å². The van der Waals surface area contributed by atoms with Gasteiger partial charge in [0, 0.05) is 18.6 Å². The lowest BCUT2D eigenvalue weighted by Gasteiger charge is -2.42. The van der Waals surface area contributed by atoms with Crippen LogP contribution in [0.3, 0.4) is 0 Å². The van der Waals surface area contributed by atoms with Crippen LogP contribution < -0.4 is 0 Å². The Kier molecular flexibility index (Phi) is 5.25. The van der Waals surface area contributed by atoms with E-state index >= 15 is 0 Å². The number of likely N-dealkylation sites (tertiary alicyclic amines) is 1. The van der Waals surface area contributed by atoms with Crippen LogP contribution in [0.2, 0.25) is 0 Å². The molecule has 3 nitrogen and oxygen atoms in total. The minimum absolute atomic E-state index is 0.0134. The van der Waals surface area contributed by atoms with Crippen molar-refractivity contribution in [3.8, 4) is 0 Å². The summed E-state index contributed by atoms with van der Waals surface area (Å²) in [7, 11) is 0. The fourth-order valence-electron chi connectivity index (χ4n) is 2.12. The fourth-order valence-corrected chi connectivity index (χ4v) is 2.98. The molecule has 5 heteroatoms. The summed E-state index contributed by atoms with van der Waals surface area (Å²) >= 11 is 1.39. The molecule has 0 aliphatic carbocycles. The van der Waals surface area contributed by atoms with Gasteiger partial charge in [-0.25, -0.2) is 4.39 Å². The third-order valence-electron chi connectivity index (χ3n) is 3.01. The van der Waals surface area contributed by atoms with Crippen molar-refractivity contribution in [2.75, 3.05) is 24.6 Å². The van der Waals surface area contributed by atoms with E-state index in [1.54, 1.807) is 0 Å². The molecule has 0 amide bonds. The number of carbonyl (C=O) groups is 1. The summed E-state index contributed by atoms with van der Waals surface area (Å²) in [5.74, 6) is 0.319. The standard InChI is InChI=1S/C12H22FNO2S/c1-12(2,3)14-5-9(4-10(13)6-14)7-17-8-11(15)16/h9-10H,4-8H2,1-3H3,(H,15,16). The molecule has 1 heterocycles. The van der Waals surface area contributed by atoms with Gasteiger partial charge in [-0.3, -0.25) is 9.69 Å². The van der Waals surface area contributed by atoms with Crippen LogP contribution in [0.4, 0.5) is 4.39 Å². The highest BCUT2D eigenvalue weighted by Crippen LogP contribution is 2.27. The van der Waals surface area contributed by atoms with Crippen LogP contribution in [0.25, 0.3) is 0 Å². The Balaban J connectivity index is 2.42. The van der Waals surface area contributed by atoms with Gasteiger partial charge in [-0.2, -0.15) is 0 Å². The fraction of sp³-hybridized carbons (Fsp3) is 0.917. The number of alkyl halides is 1. The summed E-state index contributed by atoms with van der Waals surface area (Å²) < 4.78 is 13.6. The molecule has 1 N–H and O–H groups in total. The van der Waals surface area contributed by atoms with Crippen molar-refractivity contribution in [1.29, 1.82) is 0 Å². The Morgan fingerprint density at radius 2 is 2.12 bits per heavy atom. The zero-order chi connectivity index (χ0) is 13.1. The van der Waals surface area contributed by atoms with E-state index in [0.717, 1.165) is 12.3 Å². The van der Waals surface area contributed by atoms with E-state index in [1.165, 1.54) is 11.8 Å². The molecule has 17 heavy (non-hydrogen) atoms. The Bertz CT molecular complexity index is 268. The number of hydrogen-bond acceptors (Lipinski definition) is 3. The van der Waals surface area contributed by atoms with Gasteiger partial charge in [-0.1, -0.05) is 0 Å². The van der Waals surface area contributed by atoms with Gasteiger partial charge in [0.05, 0.1) is 5.75 Å². The van der Waals surface area contributed by atoms with E-state index in [2.05, 4.69) is 25.7 Å². The first-order valence-electron chi connectivity index (χ1n) is 5.97. The maximum absolute atomic E-state index is 13.6. The van der Waals surface area contributed by atoms with Gasteiger partial charge in [0.2, 0.25) is 0 Å². The molecule has 2 atom stereocenters. The van der Waals surface area contributed by atoms with Crippen LogP contribution in [0.5, 0.6) is 0 Å².